The van der Waals surface area contributed by atoms with Gasteiger partial charge in [-0.3, -0.25) is 0 Å². The van der Waals surface area contributed by atoms with Crippen molar-refractivity contribution >= 4 is 16.6 Å². The highest BCUT2D eigenvalue weighted by Crippen LogP contribution is 2.35. The first kappa shape index (κ1) is 13.3. The third-order valence-electron chi connectivity index (χ3n) is 4.57. The highest BCUT2D eigenvalue weighted by atomic mass is 15.1. The Morgan fingerprint density at radius 2 is 2.05 bits per heavy atom. The Bertz CT molecular complexity index is 583. The molecule has 0 radical (unpaired) electrons. The minimum absolute atomic E-state index is 0.0122. The number of nitrogens with one attached hydrogen (secondary N) is 1. The number of rotatable bonds is 3. The first-order chi connectivity index (χ1) is 9.72. The van der Waals surface area contributed by atoms with Crippen molar-refractivity contribution in [2.75, 3.05) is 11.9 Å². The van der Waals surface area contributed by atoms with Crippen LogP contribution in [0, 0.1) is 5.92 Å². The Morgan fingerprint density at radius 1 is 1.30 bits per heavy atom. The SMILES string of the molecule is CC1CCC(CN)(Nc2cnnc3ccccc23)CC1. The summed E-state index contributed by atoms with van der Waals surface area (Å²) in [5.41, 5.74) is 8.07. The van der Waals surface area contributed by atoms with Gasteiger partial charge in [-0.25, -0.2) is 0 Å². The van der Waals surface area contributed by atoms with Crippen LogP contribution in [-0.4, -0.2) is 22.3 Å². The molecule has 3 rings (SSSR count). The first-order valence-corrected chi connectivity index (χ1v) is 7.41. The van der Waals surface area contributed by atoms with Gasteiger partial charge in [0.1, 0.15) is 0 Å². The summed E-state index contributed by atoms with van der Waals surface area (Å²) < 4.78 is 0. The van der Waals surface area contributed by atoms with E-state index in [1.54, 1.807) is 0 Å². The number of aromatic nitrogens is 2. The first-order valence-electron chi connectivity index (χ1n) is 7.41. The van der Waals surface area contributed by atoms with Gasteiger partial charge in [0, 0.05) is 17.5 Å². The van der Waals surface area contributed by atoms with Gasteiger partial charge in [-0.15, -0.1) is 0 Å². The van der Waals surface area contributed by atoms with Gasteiger partial charge < -0.3 is 11.1 Å². The maximum Gasteiger partial charge on any atom is 0.0950 e. The fourth-order valence-corrected chi connectivity index (χ4v) is 3.09. The molecule has 1 saturated carbocycles. The van der Waals surface area contributed by atoms with Crippen LogP contribution in [0.3, 0.4) is 0 Å². The zero-order chi connectivity index (χ0) is 14.0. The third-order valence-corrected chi connectivity index (χ3v) is 4.57. The number of nitrogens with two attached hydrogens (primary N) is 1. The van der Waals surface area contributed by atoms with E-state index in [-0.39, 0.29) is 5.54 Å². The van der Waals surface area contributed by atoms with E-state index in [1.807, 2.05) is 24.4 Å². The molecule has 1 aliphatic carbocycles. The molecule has 0 spiro atoms. The molecule has 4 heteroatoms. The molecule has 106 valence electrons. The normalized spacial score (nSPS) is 26.6. The number of benzene rings is 1. The summed E-state index contributed by atoms with van der Waals surface area (Å²) in [6.07, 6.45) is 6.54. The van der Waals surface area contributed by atoms with E-state index in [0.29, 0.717) is 6.54 Å². The molecule has 1 aromatic heterocycles. The van der Waals surface area contributed by atoms with Crippen LogP contribution in [0.4, 0.5) is 5.69 Å². The average molecular weight is 270 g/mol. The molecule has 1 aromatic carbocycles. The summed E-state index contributed by atoms with van der Waals surface area (Å²) in [5, 5.41) is 13.1. The lowest BCUT2D eigenvalue weighted by Crippen LogP contribution is -2.48. The molecule has 0 unspecified atom stereocenters. The van der Waals surface area contributed by atoms with E-state index in [2.05, 4.69) is 28.5 Å². The van der Waals surface area contributed by atoms with Gasteiger partial charge >= 0.3 is 0 Å². The Balaban J connectivity index is 1.91. The zero-order valence-electron chi connectivity index (χ0n) is 12.0. The van der Waals surface area contributed by atoms with Crippen LogP contribution >= 0.6 is 0 Å². The lowest BCUT2D eigenvalue weighted by Gasteiger charge is -2.40. The van der Waals surface area contributed by atoms with Crippen molar-refractivity contribution in [3.05, 3.63) is 30.5 Å². The second kappa shape index (κ2) is 5.37. The maximum atomic E-state index is 6.08. The minimum atomic E-state index is 0.0122. The molecule has 0 amide bonds. The van der Waals surface area contributed by atoms with Crippen LogP contribution in [-0.2, 0) is 0 Å². The van der Waals surface area contributed by atoms with Crippen molar-refractivity contribution in [3.63, 3.8) is 0 Å². The van der Waals surface area contributed by atoms with Crippen molar-refractivity contribution in [1.82, 2.24) is 10.2 Å². The number of hydrogen-bond donors (Lipinski definition) is 2. The lowest BCUT2D eigenvalue weighted by molar-refractivity contribution is 0.272. The molecule has 20 heavy (non-hydrogen) atoms. The van der Waals surface area contributed by atoms with E-state index in [0.717, 1.165) is 35.3 Å². The van der Waals surface area contributed by atoms with E-state index in [1.165, 1.54) is 12.8 Å². The van der Waals surface area contributed by atoms with Gasteiger partial charge in [0.2, 0.25) is 0 Å². The highest BCUT2D eigenvalue weighted by Gasteiger charge is 2.33. The summed E-state index contributed by atoms with van der Waals surface area (Å²) >= 11 is 0. The number of fused-ring (bicyclic) bond motifs is 1. The van der Waals surface area contributed by atoms with Crippen molar-refractivity contribution in [2.24, 2.45) is 11.7 Å². The Morgan fingerprint density at radius 3 is 2.80 bits per heavy atom. The Hall–Kier alpha value is -1.68. The average Bonchev–Trinajstić information content (AvgIpc) is 2.50. The van der Waals surface area contributed by atoms with Gasteiger partial charge in [0.15, 0.2) is 0 Å². The van der Waals surface area contributed by atoms with Crippen LogP contribution < -0.4 is 11.1 Å². The molecule has 0 aliphatic heterocycles. The topological polar surface area (TPSA) is 63.8 Å². The van der Waals surface area contributed by atoms with Gasteiger partial charge in [0.25, 0.3) is 0 Å². The summed E-state index contributed by atoms with van der Waals surface area (Å²) in [4.78, 5) is 0. The fourth-order valence-electron chi connectivity index (χ4n) is 3.09. The number of hydrogen-bond acceptors (Lipinski definition) is 4. The molecule has 3 N–H and O–H groups in total. The van der Waals surface area contributed by atoms with Crippen LogP contribution in [0.2, 0.25) is 0 Å². The monoisotopic (exact) mass is 270 g/mol. The molecule has 4 nitrogen and oxygen atoms in total. The Labute approximate surface area is 119 Å². The fraction of sp³-hybridized carbons (Fsp3) is 0.500. The highest BCUT2D eigenvalue weighted by molar-refractivity contribution is 5.90. The molecule has 2 aromatic rings. The third kappa shape index (κ3) is 2.48. The molecule has 0 saturated heterocycles. The molecule has 1 aliphatic rings. The number of anilines is 1. The molecular weight excluding hydrogens is 248 g/mol. The molecule has 0 bridgehead atoms. The molecule has 1 fully saturated rings. The second-order valence-corrected chi connectivity index (χ2v) is 6.07. The predicted octanol–water partition coefficient (Wildman–Crippen LogP) is 2.95. The quantitative estimate of drug-likeness (QED) is 0.900. The van der Waals surface area contributed by atoms with Crippen molar-refractivity contribution in [3.8, 4) is 0 Å². The smallest absolute Gasteiger partial charge is 0.0950 e. The van der Waals surface area contributed by atoms with Crippen molar-refractivity contribution < 1.29 is 0 Å². The summed E-state index contributed by atoms with van der Waals surface area (Å²) in [6.45, 7) is 2.99. The van der Waals surface area contributed by atoms with E-state index in [4.69, 9.17) is 5.73 Å². The van der Waals surface area contributed by atoms with Crippen LogP contribution in [0.15, 0.2) is 30.5 Å². The van der Waals surface area contributed by atoms with Gasteiger partial charge in [-0.05, 0) is 37.7 Å². The van der Waals surface area contributed by atoms with Crippen LogP contribution in [0.25, 0.3) is 10.9 Å². The summed E-state index contributed by atoms with van der Waals surface area (Å²) in [5.74, 6) is 0.809. The van der Waals surface area contributed by atoms with E-state index >= 15 is 0 Å². The minimum Gasteiger partial charge on any atom is -0.376 e. The van der Waals surface area contributed by atoms with Gasteiger partial charge in [-0.2, -0.15) is 10.2 Å². The largest absolute Gasteiger partial charge is 0.376 e. The number of nitrogens with zero attached hydrogens (tertiary/aromatic N) is 2. The van der Waals surface area contributed by atoms with Gasteiger partial charge in [0.05, 0.1) is 17.4 Å². The summed E-state index contributed by atoms with van der Waals surface area (Å²) in [6, 6.07) is 8.10. The predicted molar refractivity (Wildman–Crippen MR) is 82.6 cm³/mol. The van der Waals surface area contributed by atoms with E-state index in [9.17, 15) is 0 Å². The second-order valence-electron chi connectivity index (χ2n) is 6.07. The molecule has 1 heterocycles. The van der Waals surface area contributed by atoms with Crippen LogP contribution in [0.1, 0.15) is 32.6 Å². The Kier molecular flexibility index (Phi) is 3.57. The standard InChI is InChI=1S/C16H22N4/c1-12-6-8-16(11-17,9-7-12)19-15-10-18-20-14-5-3-2-4-13(14)15/h2-5,10,12H,6-9,11,17H2,1H3,(H,19,20). The zero-order valence-corrected chi connectivity index (χ0v) is 12.0. The maximum absolute atomic E-state index is 6.08. The summed E-state index contributed by atoms with van der Waals surface area (Å²) in [7, 11) is 0. The van der Waals surface area contributed by atoms with Gasteiger partial charge in [-0.1, -0.05) is 25.1 Å². The van der Waals surface area contributed by atoms with Crippen molar-refractivity contribution in [1.29, 1.82) is 0 Å². The lowest BCUT2D eigenvalue weighted by atomic mass is 9.77. The van der Waals surface area contributed by atoms with Crippen LogP contribution in [0.5, 0.6) is 0 Å². The molecule has 0 atom stereocenters. The molecular formula is C16H22N4. The van der Waals surface area contributed by atoms with Crippen molar-refractivity contribution in [2.45, 2.75) is 38.1 Å². The van der Waals surface area contributed by atoms with E-state index < -0.39 is 0 Å².